The van der Waals surface area contributed by atoms with Gasteiger partial charge in [0.05, 0.1) is 17.1 Å². The van der Waals surface area contributed by atoms with E-state index in [4.69, 9.17) is 5.73 Å². The number of aryl methyl sites for hydroxylation is 1. The van der Waals surface area contributed by atoms with E-state index in [1.54, 1.807) is 4.90 Å². The molecular weight excluding hydrogens is 264 g/mol. The molecule has 0 fully saturated rings. The Morgan fingerprint density at radius 1 is 1.38 bits per heavy atom. The van der Waals surface area contributed by atoms with Gasteiger partial charge in [0.1, 0.15) is 5.82 Å². The Labute approximate surface area is 125 Å². The van der Waals surface area contributed by atoms with Crippen molar-refractivity contribution in [3.05, 3.63) is 30.1 Å². The van der Waals surface area contributed by atoms with E-state index in [2.05, 4.69) is 9.97 Å². The SMILES string of the molecule is CC(C)[C@H](N)C(=O)N(C)CCCc1nc2ccccc2[nH]1. The summed E-state index contributed by atoms with van der Waals surface area (Å²) in [5.41, 5.74) is 7.92. The Morgan fingerprint density at radius 3 is 2.76 bits per heavy atom. The van der Waals surface area contributed by atoms with Crippen molar-refractivity contribution in [1.29, 1.82) is 0 Å². The molecule has 1 amide bonds. The van der Waals surface area contributed by atoms with E-state index in [9.17, 15) is 4.79 Å². The fourth-order valence-electron chi connectivity index (χ4n) is 2.26. The van der Waals surface area contributed by atoms with E-state index < -0.39 is 6.04 Å². The van der Waals surface area contributed by atoms with E-state index in [1.165, 1.54) is 0 Å². The molecule has 1 atom stereocenters. The van der Waals surface area contributed by atoms with E-state index in [0.717, 1.165) is 29.7 Å². The normalized spacial score (nSPS) is 12.8. The third-order valence-corrected chi connectivity index (χ3v) is 3.73. The molecule has 5 heteroatoms. The van der Waals surface area contributed by atoms with Gasteiger partial charge in [0.15, 0.2) is 0 Å². The van der Waals surface area contributed by atoms with Gasteiger partial charge in [-0.1, -0.05) is 26.0 Å². The number of aromatic nitrogens is 2. The molecule has 0 saturated heterocycles. The molecule has 1 aromatic carbocycles. The Hall–Kier alpha value is -1.88. The van der Waals surface area contributed by atoms with Gasteiger partial charge in [-0.2, -0.15) is 0 Å². The zero-order valence-electron chi connectivity index (χ0n) is 13.0. The van der Waals surface area contributed by atoms with Crippen LogP contribution in [0.15, 0.2) is 24.3 Å². The van der Waals surface area contributed by atoms with Crippen LogP contribution >= 0.6 is 0 Å². The average Bonchev–Trinajstić information content (AvgIpc) is 2.87. The van der Waals surface area contributed by atoms with Gasteiger partial charge in [0.2, 0.25) is 5.91 Å². The highest BCUT2D eigenvalue weighted by atomic mass is 16.2. The number of carbonyl (C=O) groups excluding carboxylic acids is 1. The van der Waals surface area contributed by atoms with Crippen molar-refractivity contribution in [3.8, 4) is 0 Å². The zero-order chi connectivity index (χ0) is 15.4. The van der Waals surface area contributed by atoms with Crippen molar-refractivity contribution in [2.75, 3.05) is 13.6 Å². The predicted octanol–water partition coefficient (Wildman–Crippen LogP) is 1.94. The summed E-state index contributed by atoms with van der Waals surface area (Å²) in [5, 5.41) is 0. The number of para-hydroxylation sites is 2. The van der Waals surface area contributed by atoms with E-state index in [1.807, 2.05) is 45.2 Å². The number of likely N-dealkylation sites (N-methyl/N-ethyl adjacent to an activating group) is 1. The van der Waals surface area contributed by atoms with Crippen LogP contribution in [0.3, 0.4) is 0 Å². The number of nitrogens with zero attached hydrogens (tertiary/aromatic N) is 2. The first-order valence-corrected chi connectivity index (χ1v) is 7.43. The van der Waals surface area contributed by atoms with Crippen LogP contribution in [0.1, 0.15) is 26.1 Å². The Balaban J connectivity index is 1.85. The summed E-state index contributed by atoms with van der Waals surface area (Å²) >= 11 is 0. The first-order valence-electron chi connectivity index (χ1n) is 7.43. The van der Waals surface area contributed by atoms with Gasteiger partial charge in [0, 0.05) is 20.0 Å². The minimum atomic E-state index is -0.416. The smallest absolute Gasteiger partial charge is 0.239 e. The lowest BCUT2D eigenvalue weighted by Crippen LogP contribution is -2.45. The summed E-state index contributed by atoms with van der Waals surface area (Å²) in [6.07, 6.45) is 1.69. The number of nitrogens with two attached hydrogens (primary N) is 1. The van der Waals surface area contributed by atoms with Crippen molar-refractivity contribution < 1.29 is 4.79 Å². The standard InChI is InChI=1S/C16H24N4O/c1-11(2)15(17)16(21)20(3)10-6-9-14-18-12-7-4-5-8-13(12)19-14/h4-5,7-8,11,15H,6,9-10,17H2,1-3H3,(H,18,19)/t15-/m0/s1. The summed E-state index contributed by atoms with van der Waals surface area (Å²) in [6.45, 7) is 4.62. The molecule has 1 aromatic heterocycles. The molecule has 5 nitrogen and oxygen atoms in total. The number of rotatable bonds is 6. The van der Waals surface area contributed by atoms with E-state index in [-0.39, 0.29) is 11.8 Å². The lowest BCUT2D eigenvalue weighted by molar-refractivity contribution is -0.132. The summed E-state index contributed by atoms with van der Waals surface area (Å²) in [7, 11) is 1.81. The summed E-state index contributed by atoms with van der Waals surface area (Å²) in [4.78, 5) is 21.6. The van der Waals surface area contributed by atoms with Crippen LogP contribution < -0.4 is 5.73 Å². The molecule has 1 heterocycles. The summed E-state index contributed by atoms with van der Waals surface area (Å²) in [5.74, 6) is 1.13. The van der Waals surface area contributed by atoms with Crippen molar-refractivity contribution in [2.24, 2.45) is 11.7 Å². The maximum Gasteiger partial charge on any atom is 0.239 e. The van der Waals surface area contributed by atoms with Crippen LogP contribution in [0.2, 0.25) is 0 Å². The van der Waals surface area contributed by atoms with Crippen LogP contribution in [-0.2, 0) is 11.2 Å². The maximum absolute atomic E-state index is 12.0. The highest BCUT2D eigenvalue weighted by molar-refractivity contribution is 5.81. The molecule has 0 spiro atoms. The number of H-pyrrole nitrogens is 1. The molecule has 0 saturated carbocycles. The van der Waals surface area contributed by atoms with Crippen LogP contribution in [0.5, 0.6) is 0 Å². The van der Waals surface area contributed by atoms with Gasteiger partial charge in [-0.15, -0.1) is 0 Å². The maximum atomic E-state index is 12.0. The van der Waals surface area contributed by atoms with Gasteiger partial charge in [0.25, 0.3) is 0 Å². The van der Waals surface area contributed by atoms with Gasteiger partial charge in [-0.05, 0) is 24.5 Å². The highest BCUT2D eigenvalue weighted by Crippen LogP contribution is 2.11. The lowest BCUT2D eigenvalue weighted by atomic mass is 10.0. The quantitative estimate of drug-likeness (QED) is 0.853. The monoisotopic (exact) mass is 288 g/mol. The molecular formula is C16H24N4O. The third kappa shape index (κ3) is 3.82. The number of aromatic amines is 1. The van der Waals surface area contributed by atoms with Gasteiger partial charge < -0.3 is 15.6 Å². The lowest BCUT2D eigenvalue weighted by Gasteiger charge is -2.23. The number of hydrogen-bond donors (Lipinski definition) is 2. The first kappa shape index (κ1) is 15.5. The Kier molecular flexibility index (Phi) is 4.96. The first-order chi connectivity index (χ1) is 9.99. The number of hydrogen-bond acceptors (Lipinski definition) is 3. The van der Waals surface area contributed by atoms with Crippen molar-refractivity contribution >= 4 is 16.9 Å². The molecule has 2 rings (SSSR count). The number of benzene rings is 1. The molecule has 2 aromatic rings. The fraction of sp³-hybridized carbons (Fsp3) is 0.500. The zero-order valence-corrected chi connectivity index (χ0v) is 13.0. The molecule has 21 heavy (non-hydrogen) atoms. The van der Waals surface area contributed by atoms with Crippen LogP contribution in [0, 0.1) is 5.92 Å². The minimum absolute atomic E-state index is 0.00889. The average molecular weight is 288 g/mol. The molecule has 3 N–H and O–H groups in total. The molecule has 0 aliphatic rings. The van der Waals surface area contributed by atoms with Crippen LogP contribution in [0.25, 0.3) is 11.0 Å². The predicted molar refractivity (Wildman–Crippen MR) is 84.9 cm³/mol. The largest absolute Gasteiger partial charge is 0.344 e. The second kappa shape index (κ2) is 6.72. The molecule has 0 unspecified atom stereocenters. The third-order valence-electron chi connectivity index (χ3n) is 3.73. The number of imidazole rings is 1. The number of nitrogens with one attached hydrogen (secondary N) is 1. The number of amides is 1. The van der Waals surface area contributed by atoms with Gasteiger partial charge >= 0.3 is 0 Å². The molecule has 0 bridgehead atoms. The minimum Gasteiger partial charge on any atom is -0.344 e. The Morgan fingerprint density at radius 2 is 2.10 bits per heavy atom. The van der Waals surface area contributed by atoms with E-state index >= 15 is 0 Å². The molecule has 114 valence electrons. The summed E-state index contributed by atoms with van der Waals surface area (Å²) in [6, 6.07) is 7.56. The molecule has 0 aliphatic carbocycles. The fourth-order valence-corrected chi connectivity index (χ4v) is 2.26. The second-order valence-electron chi connectivity index (χ2n) is 5.83. The summed E-state index contributed by atoms with van der Waals surface area (Å²) < 4.78 is 0. The molecule has 0 aliphatic heterocycles. The van der Waals surface area contributed by atoms with Crippen LogP contribution in [-0.4, -0.2) is 40.4 Å². The number of fused-ring (bicyclic) bond motifs is 1. The van der Waals surface area contributed by atoms with Crippen molar-refractivity contribution in [2.45, 2.75) is 32.7 Å². The highest BCUT2D eigenvalue weighted by Gasteiger charge is 2.20. The van der Waals surface area contributed by atoms with Gasteiger partial charge in [-0.25, -0.2) is 4.98 Å². The molecule has 0 radical (unpaired) electrons. The Bertz CT molecular complexity index is 572. The van der Waals surface area contributed by atoms with E-state index in [0.29, 0.717) is 6.54 Å². The van der Waals surface area contributed by atoms with Crippen molar-refractivity contribution in [3.63, 3.8) is 0 Å². The number of carbonyl (C=O) groups is 1. The van der Waals surface area contributed by atoms with Crippen molar-refractivity contribution in [1.82, 2.24) is 14.9 Å². The van der Waals surface area contributed by atoms with Gasteiger partial charge in [-0.3, -0.25) is 4.79 Å². The second-order valence-corrected chi connectivity index (χ2v) is 5.83. The van der Waals surface area contributed by atoms with Crippen LogP contribution in [0.4, 0.5) is 0 Å². The topological polar surface area (TPSA) is 75.0 Å².